The molecule has 1 aliphatic heterocycles. The zero-order valence-electron chi connectivity index (χ0n) is 28.3. The van der Waals surface area contributed by atoms with Crippen LogP contribution in [0, 0.1) is 5.92 Å². The summed E-state index contributed by atoms with van der Waals surface area (Å²) in [7, 11) is -4.36. The third kappa shape index (κ3) is 15.6. The molecular weight excluding hydrogens is 669 g/mol. The number of amides is 3. The lowest BCUT2D eigenvalue weighted by Gasteiger charge is -2.29. The standard InChI is InChI=1S/C32H49BN6O8P2/c1-24(2)21-28(37-30(41)26(22-25-11-4-3-5-12-25)36-31(42)27-23-34-14-15-35-27)33-46-19-8-6-16-39(17-7-9-20-47-33)18-10-13-29(40)38-32(48-43)49(44)45/h3-5,11-12,14-15,23-24,26,28,32,49H,6-10,13,16-22H2,1-2H3,(H,36,42)(H,37,41)(H,38,40)(H,44,45)/t26-,28-,32?/m1/s1. The van der Waals surface area contributed by atoms with E-state index >= 15 is 0 Å². The number of nitrogens with zero attached hydrogens (tertiary/aromatic N) is 3. The normalized spacial score (nSPS) is 17.6. The number of benzene rings is 1. The second-order valence-electron chi connectivity index (χ2n) is 12.4. The number of hydrogen-bond donors (Lipinski definition) is 4. The van der Waals surface area contributed by atoms with Crippen LogP contribution in [0.2, 0.25) is 0 Å². The van der Waals surface area contributed by atoms with E-state index in [0.717, 1.165) is 44.3 Å². The lowest BCUT2D eigenvalue weighted by atomic mass is 9.73. The number of carbonyl (C=O) groups excluding carboxylic acids is 3. The van der Waals surface area contributed by atoms with Crippen molar-refractivity contribution in [2.75, 3.05) is 32.8 Å². The molecule has 268 valence electrons. The first-order valence-corrected chi connectivity index (χ1v) is 19.2. The van der Waals surface area contributed by atoms with E-state index in [1.807, 2.05) is 30.3 Å². The van der Waals surface area contributed by atoms with Crippen LogP contribution in [0.5, 0.6) is 0 Å². The van der Waals surface area contributed by atoms with Crippen molar-refractivity contribution in [1.82, 2.24) is 30.8 Å². The summed E-state index contributed by atoms with van der Waals surface area (Å²) < 4.78 is 34.7. The Labute approximate surface area is 291 Å². The first-order valence-electron chi connectivity index (χ1n) is 16.9. The van der Waals surface area contributed by atoms with Crippen LogP contribution in [0.25, 0.3) is 0 Å². The fourth-order valence-electron chi connectivity index (χ4n) is 5.45. The van der Waals surface area contributed by atoms with Crippen LogP contribution >= 0.6 is 16.5 Å². The average molecular weight is 719 g/mol. The molecule has 0 saturated carbocycles. The highest BCUT2D eigenvalue weighted by molar-refractivity contribution is 7.52. The first kappa shape index (κ1) is 40.4. The quantitative estimate of drug-likeness (QED) is 0.147. The van der Waals surface area contributed by atoms with Gasteiger partial charge in [0, 0.05) is 38.4 Å². The highest BCUT2D eigenvalue weighted by Crippen LogP contribution is 2.28. The van der Waals surface area contributed by atoms with Gasteiger partial charge in [-0.25, -0.2) is 4.98 Å². The van der Waals surface area contributed by atoms with Gasteiger partial charge in [0.25, 0.3) is 5.91 Å². The van der Waals surface area contributed by atoms with Gasteiger partial charge >= 0.3 is 7.12 Å². The summed E-state index contributed by atoms with van der Waals surface area (Å²) >= 11 is 0. The number of nitrogens with one attached hydrogen (secondary N) is 3. The predicted octanol–water partition coefficient (Wildman–Crippen LogP) is 3.22. The van der Waals surface area contributed by atoms with Crippen molar-refractivity contribution >= 4 is 41.3 Å². The Morgan fingerprint density at radius 1 is 1.02 bits per heavy atom. The second kappa shape index (κ2) is 22.6. The van der Waals surface area contributed by atoms with E-state index in [1.54, 1.807) is 0 Å². The zero-order valence-corrected chi connectivity index (χ0v) is 30.2. The number of hydrogen-bond acceptors (Lipinski definition) is 10. The molecule has 2 unspecified atom stereocenters. The minimum Gasteiger partial charge on any atom is -0.410 e. The summed E-state index contributed by atoms with van der Waals surface area (Å²) in [6.07, 6.45) is 9.14. The lowest BCUT2D eigenvalue weighted by molar-refractivity contribution is -0.123. The summed E-state index contributed by atoms with van der Waals surface area (Å²) in [6.45, 7) is 7.33. The molecule has 1 aromatic carbocycles. The summed E-state index contributed by atoms with van der Waals surface area (Å²) in [5, 5.41) is 8.33. The van der Waals surface area contributed by atoms with Gasteiger partial charge in [0.2, 0.25) is 19.8 Å². The summed E-state index contributed by atoms with van der Waals surface area (Å²) in [5.41, 5.74) is -0.234. The van der Waals surface area contributed by atoms with E-state index in [9.17, 15) is 23.5 Å². The predicted molar refractivity (Wildman–Crippen MR) is 187 cm³/mol. The highest BCUT2D eigenvalue weighted by atomic mass is 31.2. The van der Waals surface area contributed by atoms with Gasteiger partial charge in [0.15, 0.2) is 14.0 Å². The first-order chi connectivity index (χ1) is 23.7. The SMILES string of the molecule is CC(C)C[C@@H](NC(=O)[C@@H](Cc1ccccc1)NC(=O)c1cnccn1)B1OCCCCN(CCCC(=O)NC(P=O)[PH](=O)O)CCCCO1. The maximum atomic E-state index is 13.8. The van der Waals surface area contributed by atoms with Crippen molar-refractivity contribution in [2.45, 2.75) is 82.7 Å². The van der Waals surface area contributed by atoms with Gasteiger partial charge in [-0.2, -0.15) is 0 Å². The van der Waals surface area contributed by atoms with Crippen LogP contribution in [-0.2, 0) is 34.4 Å². The Morgan fingerprint density at radius 3 is 2.31 bits per heavy atom. The highest BCUT2D eigenvalue weighted by Gasteiger charge is 2.35. The maximum Gasteiger partial charge on any atom is 0.480 e. The maximum absolute atomic E-state index is 13.8. The van der Waals surface area contributed by atoms with Crippen LogP contribution in [0.4, 0.5) is 0 Å². The molecule has 49 heavy (non-hydrogen) atoms. The van der Waals surface area contributed by atoms with Crippen molar-refractivity contribution < 1.29 is 37.7 Å². The van der Waals surface area contributed by atoms with E-state index in [-0.39, 0.29) is 30.4 Å². The molecule has 0 spiro atoms. The summed E-state index contributed by atoms with van der Waals surface area (Å²) in [5.74, 6) is -1.45. The molecule has 3 rings (SSSR count). The van der Waals surface area contributed by atoms with E-state index in [4.69, 9.17) is 14.2 Å². The number of aromatic nitrogens is 2. The Hall–Kier alpha value is -3.06. The Bertz CT molecular complexity index is 1320. The van der Waals surface area contributed by atoms with E-state index in [2.05, 4.69) is 44.7 Å². The van der Waals surface area contributed by atoms with Gasteiger partial charge in [-0.15, -0.1) is 0 Å². The average Bonchev–Trinajstić information content (AvgIpc) is 3.08. The van der Waals surface area contributed by atoms with Crippen LogP contribution in [0.15, 0.2) is 48.9 Å². The van der Waals surface area contributed by atoms with Gasteiger partial charge < -0.3 is 35.1 Å². The molecule has 1 fully saturated rings. The molecule has 1 aliphatic rings. The van der Waals surface area contributed by atoms with Crippen LogP contribution in [0.1, 0.15) is 74.8 Å². The molecule has 2 heterocycles. The molecule has 1 aromatic heterocycles. The third-order valence-electron chi connectivity index (χ3n) is 7.90. The summed E-state index contributed by atoms with van der Waals surface area (Å²) in [4.78, 5) is 58.5. The van der Waals surface area contributed by atoms with Crippen molar-refractivity contribution in [3.8, 4) is 0 Å². The number of carbonyl (C=O) groups is 3. The minimum atomic E-state index is -3.12. The van der Waals surface area contributed by atoms with Crippen molar-refractivity contribution in [1.29, 1.82) is 0 Å². The molecular formula is C32H49BN6O8P2. The third-order valence-corrected chi connectivity index (χ3v) is 9.83. The Morgan fingerprint density at radius 2 is 1.71 bits per heavy atom. The Kier molecular flexibility index (Phi) is 18.6. The molecule has 0 radical (unpaired) electrons. The van der Waals surface area contributed by atoms with Gasteiger partial charge in [0.05, 0.1) is 12.1 Å². The summed E-state index contributed by atoms with van der Waals surface area (Å²) in [6, 6.07) is 8.62. The molecule has 0 aliphatic carbocycles. The van der Waals surface area contributed by atoms with Gasteiger partial charge in [-0.3, -0.25) is 28.5 Å². The topological polar surface area (TPSA) is 189 Å². The van der Waals surface area contributed by atoms with E-state index < -0.39 is 52.9 Å². The molecule has 4 atom stereocenters. The van der Waals surface area contributed by atoms with Crippen molar-refractivity contribution in [3.63, 3.8) is 0 Å². The smallest absolute Gasteiger partial charge is 0.410 e. The van der Waals surface area contributed by atoms with Crippen molar-refractivity contribution in [3.05, 3.63) is 60.2 Å². The molecule has 1 saturated heterocycles. The lowest BCUT2D eigenvalue weighted by Crippen LogP contribution is -2.56. The van der Waals surface area contributed by atoms with E-state index in [0.29, 0.717) is 32.6 Å². The van der Waals surface area contributed by atoms with Crippen molar-refractivity contribution in [2.24, 2.45) is 5.92 Å². The van der Waals surface area contributed by atoms with Crippen LogP contribution in [-0.4, -0.2) is 95.0 Å². The van der Waals surface area contributed by atoms with Gasteiger partial charge in [0.1, 0.15) is 11.7 Å². The molecule has 4 N–H and O–H groups in total. The fraction of sp³-hybridized carbons (Fsp3) is 0.594. The largest absolute Gasteiger partial charge is 0.480 e. The molecule has 14 nitrogen and oxygen atoms in total. The zero-order chi connectivity index (χ0) is 35.4. The number of rotatable bonds is 16. The van der Waals surface area contributed by atoms with Gasteiger partial charge in [-0.05, 0) is 69.6 Å². The van der Waals surface area contributed by atoms with Crippen LogP contribution in [0.3, 0.4) is 0 Å². The van der Waals surface area contributed by atoms with Gasteiger partial charge in [-0.1, -0.05) is 44.2 Å². The van der Waals surface area contributed by atoms with Crippen LogP contribution < -0.4 is 16.0 Å². The molecule has 2 aromatic rings. The minimum absolute atomic E-state index is 0.119. The molecule has 17 heteroatoms. The van der Waals surface area contributed by atoms with E-state index in [1.165, 1.54) is 18.6 Å². The fourth-order valence-corrected chi connectivity index (χ4v) is 6.29. The molecule has 3 amide bonds. The second-order valence-corrected chi connectivity index (χ2v) is 14.9. The Balaban J connectivity index is 1.59. The molecule has 0 bridgehead atoms. The monoisotopic (exact) mass is 718 g/mol.